The van der Waals surface area contributed by atoms with Crippen LogP contribution in [0.3, 0.4) is 0 Å². The Balaban J connectivity index is 0.00000320. The van der Waals surface area contributed by atoms with Crippen LogP contribution >= 0.6 is 23.2 Å². The molecule has 0 atom stereocenters. The third kappa shape index (κ3) is 4.88. The molecular formula is C22H22Cl2N4O2. The van der Waals surface area contributed by atoms with Crippen molar-refractivity contribution >= 4 is 40.5 Å². The topological polar surface area (TPSA) is 82.3 Å². The first-order valence-corrected chi connectivity index (χ1v) is 9.26. The smallest absolute Gasteiger partial charge is 0.227 e. The van der Waals surface area contributed by atoms with Gasteiger partial charge in [0.25, 0.3) is 0 Å². The van der Waals surface area contributed by atoms with Crippen LogP contribution in [0.5, 0.6) is 11.5 Å². The second kappa shape index (κ2) is 10.1. The average molecular weight is 445 g/mol. The van der Waals surface area contributed by atoms with E-state index in [1.54, 1.807) is 18.5 Å². The van der Waals surface area contributed by atoms with Crippen molar-refractivity contribution in [2.75, 3.05) is 25.3 Å². The maximum Gasteiger partial charge on any atom is 0.227 e. The highest BCUT2D eigenvalue weighted by Crippen LogP contribution is 2.39. The molecule has 30 heavy (non-hydrogen) atoms. The second-order valence-electron chi connectivity index (χ2n) is 5.99. The largest absolute Gasteiger partial charge is 0.495 e. The highest BCUT2D eigenvalue weighted by Gasteiger charge is 2.15. The van der Waals surface area contributed by atoms with Crippen LogP contribution in [0.4, 0.5) is 17.3 Å². The van der Waals surface area contributed by atoms with E-state index in [2.05, 4.69) is 27.1 Å². The van der Waals surface area contributed by atoms with Crippen molar-refractivity contribution in [1.29, 1.82) is 0 Å². The van der Waals surface area contributed by atoms with Crippen LogP contribution in [0, 0.1) is 18.8 Å². The van der Waals surface area contributed by atoms with Gasteiger partial charge in [0.05, 0.1) is 46.8 Å². The predicted molar refractivity (Wildman–Crippen MR) is 123 cm³/mol. The minimum absolute atomic E-state index is 0. The molecule has 0 saturated carbocycles. The summed E-state index contributed by atoms with van der Waals surface area (Å²) in [6, 6.07) is 7.26. The molecule has 0 saturated heterocycles. The molecule has 3 rings (SSSR count). The molecule has 156 valence electrons. The molecule has 1 aromatic heterocycles. The fourth-order valence-electron chi connectivity index (χ4n) is 2.56. The van der Waals surface area contributed by atoms with E-state index >= 15 is 0 Å². The molecule has 6 nitrogen and oxygen atoms in total. The second-order valence-corrected chi connectivity index (χ2v) is 6.75. The van der Waals surface area contributed by atoms with Crippen molar-refractivity contribution in [2.45, 2.75) is 14.4 Å². The first kappa shape index (κ1) is 23.1. The van der Waals surface area contributed by atoms with Gasteiger partial charge in [-0.25, -0.2) is 9.97 Å². The SMILES string of the molecule is C.COc1cc(OC)c(Cl)c(C#Cc2cnc(Nc3c(C)cccc3N)nc2)c1Cl. The van der Waals surface area contributed by atoms with Crippen LogP contribution in [0.25, 0.3) is 0 Å². The zero-order valence-electron chi connectivity index (χ0n) is 16.0. The normalized spacial score (nSPS) is 9.77. The molecule has 0 spiro atoms. The van der Waals surface area contributed by atoms with E-state index in [-0.39, 0.29) is 7.43 Å². The molecule has 0 amide bonds. The summed E-state index contributed by atoms with van der Waals surface area (Å²) in [7, 11) is 3.01. The van der Waals surface area contributed by atoms with Crippen LogP contribution in [0.2, 0.25) is 10.0 Å². The van der Waals surface area contributed by atoms with Gasteiger partial charge in [-0.3, -0.25) is 0 Å². The summed E-state index contributed by atoms with van der Waals surface area (Å²) in [5, 5.41) is 3.73. The van der Waals surface area contributed by atoms with E-state index in [0.717, 1.165) is 11.3 Å². The summed E-state index contributed by atoms with van der Waals surface area (Å²) in [6.45, 7) is 1.95. The maximum atomic E-state index is 6.33. The van der Waals surface area contributed by atoms with E-state index in [4.69, 9.17) is 38.4 Å². The highest BCUT2D eigenvalue weighted by atomic mass is 35.5. The zero-order valence-corrected chi connectivity index (χ0v) is 17.5. The van der Waals surface area contributed by atoms with Crippen molar-refractivity contribution in [2.24, 2.45) is 0 Å². The number of anilines is 3. The lowest BCUT2D eigenvalue weighted by atomic mass is 10.1. The zero-order chi connectivity index (χ0) is 21.0. The molecular weight excluding hydrogens is 423 g/mol. The molecule has 3 N–H and O–H groups in total. The Bertz CT molecular complexity index is 1060. The van der Waals surface area contributed by atoms with Gasteiger partial charge < -0.3 is 20.5 Å². The van der Waals surface area contributed by atoms with E-state index < -0.39 is 0 Å². The summed E-state index contributed by atoms with van der Waals surface area (Å²) in [6.07, 6.45) is 3.19. The molecule has 0 radical (unpaired) electrons. The average Bonchev–Trinajstić information content (AvgIpc) is 2.72. The number of para-hydroxylation sites is 1. The third-order valence-corrected chi connectivity index (χ3v) is 4.85. The van der Waals surface area contributed by atoms with Gasteiger partial charge >= 0.3 is 0 Å². The van der Waals surface area contributed by atoms with E-state index in [1.165, 1.54) is 14.2 Å². The number of methoxy groups -OCH3 is 2. The number of nitrogens with zero attached hydrogens (tertiary/aromatic N) is 2. The molecule has 0 aliphatic rings. The van der Waals surface area contributed by atoms with Crippen molar-refractivity contribution in [1.82, 2.24) is 9.97 Å². The summed E-state index contributed by atoms with van der Waals surface area (Å²) < 4.78 is 10.5. The summed E-state index contributed by atoms with van der Waals surface area (Å²) in [5.74, 6) is 7.14. The fraction of sp³-hybridized carbons (Fsp3) is 0.182. The number of nitrogens with one attached hydrogen (secondary N) is 1. The maximum absolute atomic E-state index is 6.33. The summed E-state index contributed by atoms with van der Waals surface area (Å²) >= 11 is 12.7. The first-order chi connectivity index (χ1) is 13.9. The lowest BCUT2D eigenvalue weighted by Crippen LogP contribution is -2.02. The number of benzene rings is 2. The molecule has 0 unspecified atom stereocenters. The molecule has 0 aliphatic carbocycles. The van der Waals surface area contributed by atoms with Crippen LogP contribution in [-0.4, -0.2) is 24.2 Å². The van der Waals surface area contributed by atoms with Gasteiger partial charge in [-0.15, -0.1) is 0 Å². The standard InChI is InChI=1S/C21H18Cl2N4O2.CH4/c1-12-5-4-6-15(24)20(12)27-21-25-10-13(11-26-21)7-8-14-18(22)16(28-2)9-17(29-3)19(14)23;/h4-6,9-11H,24H2,1-3H3,(H,25,26,27);1H4. The first-order valence-electron chi connectivity index (χ1n) is 8.50. The number of halogens is 2. The minimum Gasteiger partial charge on any atom is -0.495 e. The third-order valence-electron chi connectivity index (χ3n) is 4.10. The quantitative estimate of drug-likeness (QED) is 0.409. The summed E-state index contributed by atoms with van der Waals surface area (Å²) in [5.41, 5.74) is 9.37. The fourth-order valence-corrected chi connectivity index (χ4v) is 3.16. The highest BCUT2D eigenvalue weighted by molar-refractivity contribution is 6.38. The number of ether oxygens (including phenoxy) is 2. The lowest BCUT2D eigenvalue weighted by molar-refractivity contribution is 0.394. The Morgan fingerprint density at radius 2 is 1.60 bits per heavy atom. The number of aryl methyl sites for hydroxylation is 1. The number of rotatable bonds is 4. The number of hydrogen-bond acceptors (Lipinski definition) is 6. The predicted octanol–water partition coefficient (Wildman–Crippen LogP) is 5.47. The Morgan fingerprint density at radius 1 is 1.00 bits per heavy atom. The van der Waals surface area contributed by atoms with Crippen LogP contribution in [0.1, 0.15) is 24.1 Å². The van der Waals surface area contributed by atoms with Gasteiger partial charge in [0.15, 0.2) is 0 Å². The van der Waals surface area contributed by atoms with Crippen LogP contribution in [0.15, 0.2) is 36.7 Å². The Morgan fingerprint density at radius 3 is 2.13 bits per heavy atom. The van der Waals surface area contributed by atoms with Crippen molar-refractivity contribution < 1.29 is 9.47 Å². The minimum atomic E-state index is 0. The van der Waals surface area contributed by atoms with Crippen LogP contribution < -0.4 is 20.5 Å². The van der Waals surface area contributed by atoms with E-state index in [9.17, 15) is 0 Å². The van der Waals surface area contributed by atoms with Gasteiger partial charge in [0, 0.05) is 18.5 Å². The lowest BCUT2D eigenvalue weighted by Gasteiger charge is -2.11. The molecule has 0 aliphatic heterocycles. The monoisotopic (exact) mass is 444 g/mol. The van der Waals surface area contributed by atoms with Gasteiger partial charge in [-0.1, -0.05) is 54.6 Å². The number of hydrogen-bond donors (Lipinski definition) is 2. The van der Waals surface area contributed by atoms with Gasteiger partial charge in [0.1, 0.15) is 11.5 Å². The molecule has 2 aromatic carbocycles. The van der Waals surface area contributed by atoms with Crippen molar-refractivity contribution in [3.05, 3.63) is 63.4 Å². The number of aromatic nitrogens is 2. The Hall–Kier alpha value is -3.14. The molecule has 0 bridgehead atoms. The number of nitrogens with two attached hydrogens (primary N) is 1. The Labute approximate surface area is 186 Å². The molecule has 0 fully saturated rings. The van der Waals surface area contributed by atoms with Gasteiger partial charge in [-0.2, -0.15) is 0 Å². The van der Waals surface area contributed by atoms with Gasteiger partial charge in [0.2, 0.25) is 5.95 Å². The number of nitrogen functional groups attached to an aromatic ring is 1. The molecule has 1 heterocycles. The Kier molecular flexibility index (Phi) is 7.76. The van der Waals surface area contributed by atoms with Crippen molar-refractivity contribution in [3.63, 3.8) is 0 Å². The molecule has 8 heteroatoms. The van der Waals surface area contributed by atoms with Gasteiger partial charge in [-0.05, 0) is 18.6 Å². The van der Waals surface area contributed by atoms with Crippen LogP contribution in [-0.2, 0) is 0 Å². The van der Waals surface area contributed by atoms with Crippen molar-refractivity contribution in [3.8, 4) is 23.3 Å². The molecule has 3 aromatic rings. The summed E-state index contributed by atoms with van der Waals surface area (Å²) in [4.78, 5) is 8.57. The van der Waals surface area contributed by atoms with E-state index in [0.29, 0.717) is 44.3 Å². The van der Waals surface area contributed by atoms with E-state index in [1.807, 2.05) is 25.1 Å².